The topological polar surface area (TPSA) is 68.2 Å². The number of hydrogen-bond donors (Lipinski definition) is 0. The van der Waals surface area contributed by atoms with E-state index < -0.39 is 5.60 Å². The fraction of sp³-hybridized carbons (Fsp3) is 0.440. The number of piperidine rings is 1. The number of amides is 1. The molecular weight excluding hydrogens is 420 g/mol. The zero-order valence-electron chi connectivity index (χ0n) is 19.1. The molecule has 1 saturated heterocycles. The molecule has 7 heteroatoms. The van der Waals surface area contributed by atoms with Gasteiger partial charge in [-0.3, -0.25) is 14.9 Å². The van der Waals surface area contributed by atoms with E-state index in [0.717, 1.165) is 47.6 Å². The maximum atomic E-state index is 13.5. The van der Waals surface area contributed by atoms with Crippen LogP contribution in [0.25, 0.3) is 0 Å². The fourth-order valence-electron chi connectivity index (χ4n) is 4.27. The van der Waals surface area contributed by atoms with E-state index in [9.17, 15) is 4.79 Å². The van der Waals surface area contributed by atoms with Crippen LogP contribution in [0.1, 0.15) is 80.5 Å². The van der Waals surface area contributed by atoms with Gasteiger partial charge in [-0.05, 0) is 88.3 Å². The standard InChI is InChI=1S/C25H30N4O2S/c1-17-8-7-14-26-23(17)22-12-6-11-21(29(22)24(30)31-25(2,3)4)20-10-5-9-18(27-20)16-19-13-15-32-28-19/h5,7-10,13-15,21-22H,6,11-12,16H2,1-4H3. The van der Waals surface area contributed by atoms with Crippen molar-refractivity contribution in [2.75, 3.05) is 0 Å². The second-order valence-corrected chi connectivity index (χ2v) is 9.94. The van der Waals surface area contributed by atoms with Crippen LogP contribution in [-0.4, -0.2) is 30.9 Å². The molecule has 32 heavy (non-hydrogen) atoms. The molecule has 3 aromatic heterocycles. The molecule has 6 nitrogen and oxygen atoms in total. The van der Waals surface area contributed by atoms with Gasteiger partial charge in [0.25, 0.3) is 0 Å². The van der Waals surface area contributed by atoms with E-state index in [1.54, 1.807) is 6.20 Å². The molecule has 1 amide bonds. The van der Waals surface area contributed by atoms with Gasteiger partial charge >= 0.3 is 6.09 Å². The lowest BCUT2D eigenvalue weighted by molar-refractivity contribution is -0.00805. The lowest BCUT2D eigenvalue weighted by Crippen LogP contribution is -2.44. The van der Waals surface area contributed by atoms with Gasteiger partial charge in [0.2, 0.25) is 0 Å². The predicted octanol–water partition coefficient (Wildman–Crippen LogP) is 6.04. The minimum Gasteiger partial charge on any atom is -0.444 e. The molecule has 1 aliphatic heterocycles. The lowest BCUT2D eigenvalue weighted by Gasteiger charge is -2.42. The number of likely N-dealkylation sites (tertiary alicyclic amines) is 1. The summed E-state index contributed by atoms with van der Waals surface area (Å²) < 4.78 is 10.3. The highest BCUT2D eigenvalue weighted by Crippen LogP contribution is 2.42. The first kappa shape index (κ1) is 22.4. The van der Waals surface area contributed by atoms with Crippen molar-refractivity contribution in [3.8, 4) is 0 Å². The van der Waals surface area contributed by atoms with Crippen LogP contribution in [0.4, 0.5) is 4.79 Å². The number of carbonyl (C=O) groups excluding carboxylic acids is 1. The quantitative estimate of drug-likeness (QED) is 0.485. The monoisotopic (exact) mass is 450 g/mol. The van der Waals surface area contributed by atoms with Crippen molar-refractivity contribution >= 4 is 17.6 Å². The number of nitrogens with zero attached hydrogens (tertiary/aromatic N) is 4. The number of rotatable bonds is 4. The second kappa shape index (κ2) is 9.36. The van der Waals surface area contributed by atoms with Crippen molar-refractivity contribution in [3.05, 3.63) is 76.3 Å². The minimum atomic E-state index is -0.581. The third-order valence-corrected chi connectivity index (χ3v) is 6.22. The molecule has 3 aromatic rings. The summed E-state index contributed by atoms with van der Waals surface area (Å²) in [5, 5.41) is 1.98. The predicted molar refractivity (Wildman–Crippen MR) is 126 cm³/mol. The third-order valence-electron chi connectivity index (χ3n) is 5.62. The van der Waals surface area contributed by atoms with Gasteiger partial charge in [-0.25, -0.2) is 4.79 Å². The van der Waals surface area contributed by atoms with Gasteiger partial charge < -0.3 is 4.74 Å². The normalized spacial score (nSPS) is 19.1. The molecule has 0 bridgehead atoms. The van der Waals surface area contributed by atoms with Crippen LogP contribution in [0.15, 0.2) is 48.0 Å². The first-order chi connectivity index (χ1) is 15.3. The van der Waals surface area contributed by atoms with Gasteiger partial charge in [-0.1, -0.05) is 12.1 Å². The Morgan fingerprint density at radius 3 is 2.66 bits per heavy atom. The summed E-state index contributed by atoms with van der Waals surface area (Å²) in [5.41, 5.74) is 4.28. The average Bonchev–Trinajstić information content (AvgIpc) is 3.25. The van der Waals surface area contributed by atoms with Crippen LogP contribution in [-0.2, 0) is 11.2 Å². The number of aryl methyl sites for hydroxylation is 1. The Labute approximate surface area is 193 Å². The van der Waals surface area contributed by atoms with Crippen molar-refractivity contribution in [2.45, 2.75) is 71.1 Å². The Bertz CT molecular complexity index is 1060. The van der Waals surface area contributed by atoms with Crippen LogP contribution in [0.2, 0.25) is 0 Å². The Morgan fingerprint density at radius 1 is 1.12 bits per heavy atom. The van der Waals surface area contributed by atoms with E-state index >= 15 is 0 Å². The molecule has 0 N–H and O–H groups in total. The van der Waals surface area contributed by atoms with Gasteiger partial charge in [-0.2, -0.15) is 4.37 Å². The molecule has 0 saturated carbocycles. The van der Waals surface area contributed by atoms with E-state index in [0.29, 0.717) is 6.42 Å². The Hall–Kier alpha value is -2.80. The Kier molecular flexibility index (Phi) is 6.55. The number of ether oxygens (including phenoxy) is 1. The number of aromatic nitrogens is 3. The van der Waals surface area contributed by atoms with E-state index in [4.69, 9.17) is 9.72 Å². The summed E-state index contributed by atoms with van der Waals surface area (Å²) in [5.74, 6) is 0. The molecule has 0 spiro atoms. The van der Waals surface area contributed by atoms with Gasteiger partial charge in [0.15, 0.2) is 0 Å². The van der Waals surface area contributed by atoms with Gasteiger partial charge in [0, 0.05) is 23.7 Å². The largest absolute Gasteiger partial charge is 0.444 e. The highest BCUT2D eigenvalue weighted by atomic mass is 32.1. The highest BCUT2D eigenvalue weighted by molar-refractivity contribution is 7.03. The van der Waals surface area contributed by atoms with Crippen LogP contribution < -0.4 is 0 Å². The first-order valence-electron chi connectivity index (χ1n) is 11.1. The molecule has 2 atom stereocenters. The molecule has 0 aliphatic carbocycles. The van der Waals surface area contributed by atoms with E-state index in [1.807, 2.05) is 74.4 Å². The molecule has 1 fully saturated rings. The Morgan fingerprint density at radius 2 is 1.94 bits per heavy atom. The van der Waals surface area contributed by atoms with Gasteiger partial charge in [-0.15, -0.1) is 0 Å². The first-order valence-corrected chi connectivity index (χ1v) is 11.9. The van der Waals surface area contributed by atoms with Crippen LogP contribution in [0.3, 0.4) is 0 Å². The van der Waals surface area contributed by atoms with Crippen molar-refractivity contribution in [2.24, 2.45) is 0 Å². The molecule has 2 unspecified atom stereocenters. The van der Waals surface area contributed by atoms with Crippen molar-refractivity contribution in [3.63, 3.8) is 0 Å². The fourth-order valence-corrected chi connectivity index (χ4v) is 4.81. The van der Waals surface area contributed by atoms with Gasteiger partial charge in [0.05, 0.1) is 29.2 Å². The number of pyridine rings is 2. The molecule has 168 valence electrons. The van der Waals surface area contributed by atoms with E-state index in [2.05, 4.69) is 9.36 Å². The third kappa shape index (κ3) is 5.15. The molecule has 0 aromatic carbocycles. The smallest absolute Gasteiger partial charge is 0.411 e. The van der Waals surface area contributed by atoms with Crippen LogP contribution >= 0.6 is 11.5 Å². The zero-order valence-corrected chi connectivity index (χ0v) is 19.9. The lowest BCUT2D eigenvalue weighted by atomic mass is 9.90. The van der Waals surface area contributed by atoms with Crippen molar-refractivity contribution in [1.29, 1.82) is 0 Å². The summed E-state index contributed by atoms with van der Waals surface area (Å²) in [7, 11) is 0. The van der Waals surface area contributed by atoms with Crippen LogP contribution in [0.5, 0.6) is 0 Å². The Balaban J connectivity index is 1.70. The van der Waals surface area contributed by atoms with Crippen LogP contribution in [0, 0.1) is 6.92 Å². The second-order valence-electron chi connectivity index (χ2n) is 9.28. The molecule has 4 rings (SSSR count). The maximum Gasteiger partial charge on any atom is 0.411 e. The summed E-state index contributed by atoms with van der Waals surface area (Å²) in [6, 6.07) is 11.7. The van der Waals surface area contributed by atoms with Gasteiger partial charge in [0.1, 0.15) is 5.60 Å². The SMILES string of the molecule is Cc1cccnc1C1CCCC(c2cccc(Cc3ccsn3)n2)N1C(=O)OC(C)(C)C. The maximum absolute atomic E-state index is 13.5. The number of hydrogen-bond acceptors (Lipinski definition) is 6. The number of carbonyl (C=O) groups is 1. The molecular formula is C25H30N4O2S. The molecule has 4 heterocycles. The van der Waals surface area contributed by atoms with Crippen molar-refractivity contribution < 1.29 is 9.53 Å². The van der Waals surface area contributed by atoms with Crippen molar-refractivity contribution in [1.82, 2.24) is 19.2 Å². The summed E-state index contributed by atoms with van der Waals surface area (Å²) in [6.07, 6.45) is 4.85. The molecule has 1 aliphatic rings. The van der Waals surface area contributed by atoms with E-state index in [-0.39, 0.29) is 18.2 Å². The summed E-state index contributed by atoms with van der Waals surface area (Å²) in [6.45, 7) is 7.75. The summed E-state index contributed by atoms with van der Waals surface area (Å²) >= 11 is 1.45. The zero-order chi connectivity index (χ0) is 22.7. The average molecular weight is 451 g/mol. The minimum absolute atomic E-state index is 0.145. The highest BCUT2D eigenvalue weighted by Gasteiger charge is 2.40. The summed E-state index contributed by atoms with van der Waals surface area (Å²) in [4.78, 5) is 24.9. The van der Waals surface area contributed by atoms with E-state index in [1.165, 1.54) is 11.5 Å². The molecule has 0 radical (unpaired) electrons.